The van der Waals surface area contributed by atoms with E-state index in [1.807, 2.05) is 24.3 Å². The second kappa shape index (κ2) is 8.50. The monoisotopic (exact) mass is 454 g/mol. The molecule has 31 heavy (non-hydrogen) atoms. The van der Waals surface area contributed by atoms with E-state index in [0.29, 0.717) is 22.3 Å². The summed E-state index contributed by atoms with van der Waals surface area (Å²) < 4.78 is 28.2. The Morgan fingerprint density at radius 2 is 1.81 bits per heavy atom. The zero-order valence-corrected chi connectivity index (χ0v) is 18.0. The number of rotatable bonds is 6. The Morgan fingerprint density at radius 1 is 1.06 bits per heavy atom. The van der Waals surface area contributed by atoms with Crippen LogP contribution in [-0.2, 0) is 14.8 Å². The smallest absolute Gasteiger partial charge is 0.238 e. The van der Waals surface area contributed by atoms with Crippen molar-refractivity contribution in [3.05, 3.63) is 66.9 Å². The molecule has 1 atom stereocenters. The Morgan fingerprint density at radius 3 is 2.48 bits per heavy atom. The standard InChI is InChI=1S/C21H18N4O4S2/c1-13(20(26)23-14-8-10-15(11-9-14)31(22,27)28)30-21-16-5-2-3-6-17(16)24-19(25-21)18-7-4-12-29-18/h2-13H,1H3,(H,23,26)(H2,22,27,28). The van der Waals surface area contributed by atoms with Gasteiger partial charge in [-0.25, -0.2) is 23.5 Å². The molecule has 0 spiro atoms. The number of nitrogens with zero attached hydrogens (tertiary/aromatic N) is 2. The number of benzene rings is 2. The third-order valence-electron chi connectivity index (χ3n) is 4.42. The van der Waals surface area contributed by atoms with Gasteiger partial charge in [0.2, 0.25) is 15.9 Å². The molecule has 0 bridgehead atoms. The molecule has 1 amide bonds. The minimum Gasteiger partial charge on any atom is -0.461 e. The van der Waals surface area contributed by atoms with Crippen LogP contribution >= 0.6 is 11.8 Å². The topological polar surface area (TPSA) is 128 Å². The average Bonchev–Trinajstić information content (AvgIpc) is 3.28. The summed E-state index contributed by atoms with van der Waals surface area (Å²) in [5, 5.41) is 8.88. The summed E-state index contributed by atoms with van der Waals surface area (Å²) in [5.74, 6) is 0.729. The van der Waals surface area contributed by atoms with Crippen LogP contribution in [0.3, 0.4) is 0 Å². The summed E-state index contributed by atoms with van der Waals surface area (Å²) in [6, 6.07) is 16.8. The number of nitrogens with one attached hydrogen (secondary N) is 1. The van der Waals surface area contributed by atoms with E-state index >= 15 is 0 Å². The number of aromatic nitrogens is 2. The minimum atomic E-state index is -3.79. The first-order chi connectivity index (χ1) is 14.8. The van der Waals surface area contributed by atoms with Crippen LogP contribution < -0.4 is 10.5 Å². The van der Waals surface area contributed by atoms with Gasteiger partial charge in [-0.05, 0) is 49.4 Å². The molecule has 4 aromatic rings. The van der Waals surface area contributed by atoms with E-state index in [1.54, 1.807) is 25.3 Å². The first kappa shape index (κ1) is 21.0. The highest BCUT2D eigenvalue weighted by Gasteiger charge is 2.19. The molecule has 3 N–H and O–H groups in total. The third-order valence-corrected chi connectivity index (χ3v) is 6.45. The third kappa shape index (κ3) is 4.76. The number of anilines is 1. The molecule has 0 aliphatic carbocycles. The number of hydrogen-bond donors (Lipinski definition) is 2. The van der Waals surface area contributed by atoms with Crippen LogP contribution in [-0.4, -0.2) is 29.5 Å². The summed E-state index contributed by atoms with van der Waals surface area (Å²) in [6.45, 7) is 1.77. The fraction of sp³-hybridized carbons (Fsp3) is 0.0952. The van der Waals surface area contributed by atoms with Crippen molar-refractivity contribution in [2.45, 2.75) is 22.1 Å². The van der Waals surface area contributed by atoms with Gasteiger partial charge in [0.25, 0.3) is 0 Å². The van der Waals surface area contributed by atoms with Crippen LogP contribution in [0.1, 0.15) is 6.92 Å². The molecule has 2 aromatic heterocycles. The number of primary sulfonamides is 1. The van der Waals surface area contributed by atoms with Crippen molar-refractivity contribution < 1.29 is 17.6 Å². The lowest BCUT2D eigenvalue weighted by atomic mass is 10.2. The van der Waals surface area contributed by atoms with Gasteiger partial charge in [-0.1, -0.05) is 30.0 Å². The number of hydrogen-bond acceptors (Lipinski definition) is 7. The second-order valence-electron chi connectivity index (χ2n) is 6.67. The van der Waals surface area contributed by atoms with E-state index in [2.05, 4.69) is 15.3 Å². The Bertz CT molecular complexity index is 1340. The molecule has 0 aliphatic heterocycles. The van der Waals surface area contributed by atoms with E-state index in [-0.39, 0.29) is 10.8 Å². The van der Waals surface area contributed by atoms with Crippen molar-refractivity contribution >= 4 is 44.3 Å². The number of amides is 1. The minimum absolute atomic E-state index is 0.0224. The number of fused-ring (bicyclic) bond motifs is 1. The molecule has 0 aliphatic rings. The predicted octanol–water partition coefficient (Wildman–Crippen LogP) is 3.66. The van der Waals surface area contributed by atoms with Crippen LogP contribution in [0.2, 0.25) is 0 Å². The number of thioether (sulfide) groups is 1. The van der Waals surface area contributed by atoms with Crippen molar-refractivity contribution in [3.8, 4) is 11.6 Å². The quantitative estimate of drug-likeness (QED) is 0.336. The van der Waals surface area contributed by atoms with Gasteiger partial charge in [0.15, 0.2) is 11.6 Å². The van der Waals surface area contributed by atoms with Crippen molar-refractivity contribution in [3.63, 3.8) is 0 Å². The van der Waals surface area contributed by atoms with Gasteiger partial charge in [0.1, 0.15) is 5.03 Å². The first-order valence-corrected chi connectivity index (χ1v) is 11.6. The maximum Gasteiger partial charge on any atom is 0.238 e. The number of carbonyl (C=O) groups excluding carboxylic acids is 1. The Balaban J connectivity index is 1.56. The molecule has 0 saturated carbocycles. The first-order valence-electron chi connectivity index (χ1n) is 9.22. The highest BCUT2D eigenvalue weighted by Crippen LogP contribution is 2.31. The molecule has 0 fully saturated rings. The zero-order valence-electron chi connectivity index (χ0n) is 16.3. The fourth-order valence-electron chi connectivity index (χ4n) is 2.85. The Labute approximate surface area is 182 Å². The highest BCUT2D eigenvalue weighted by atomic mass is 32.2. The SMILES string of the molecule is CC(Sc1nc(-c2ccco2)nc2ccccc12)C(=O)Nc1ccc(S(N)(=O)=O)cc1. The zero-order chi connectivity index (χ0) is 22.0. The van der Waals surface area contributed by atoms with Gasteiger partial charge in [-0.2, -0.15) is 0 Å². The molecule has 1 unspecified atom stereocenters. The maximum atomic E-state index is 12.7. The molecule has 2 heterocycles. The lowest BCUT2D eigenvalue weighted by molar-refractivity contribution is -0.115. The van der Waals surface area contributed by atoms with Gasteiger partial charge in [-0.3, -0.25) is 4.79 Å². The summed E-state index contributed by atoms with van der Waals surface area (Å²) in [7, 11) is -3.79. The van der Waals surface area contributed by atoms with Crippen molar-refractivity contribution in [2.24, 2.45) is 5.14 Å². The van der Waals surface area contributed by atoms with Crippen molar-refractivity contribution in [2.75, 3.05) is 5.32 Å². The van der Waals surface area contributed by atoms with Crippen LogP contribution in [0.15, 0.2) is 81.3 Å². The van der Waals surface area contributed by atoms with Crippen LogP contribution in [0.4, 0.5) is 5.69 Å². The normalized spacial score (nSPS) is 12.6. The average molecular weight is 455 g/mol. The number of nitrogens with two attached hydrogens (primary N) is 1. The molecule has 4 rings (SSSR count). The van der Waals surface area contributed by atoms with Gasteiger partial charge in [0, 0.05) is 11.1 Å². The Hall–Kier alpha value is -3.21. The lowest BCUT2D eigenvalue weighted by Gasteiger charge is -2.13. The van der Waals surface area contributed by atoms with Gasteiger partial charge in [0.05, 0.1) is 21.9 Å². The molecule has 8 nitrogen and oxygen atoms in total. The lowest BCUT2D eigenvalue weighted by Crippen LogP contribution is -2.22. The molecule has 158 valence electrons. The maximum absolute atomic E-state index is 12.7. The van der Waals surface area contributed by atoms with Gasteiger partial charge >= 0.3 is 0 Å². The summed E-state index contributed by atoms with van der Waals surface area (Å²) in [5.41, 5.74) is 1.21. The van der Waals surface area contributed by atoms with Crippen molar-refractivity contribution in [1.29, 1.82) is 0 Å². The molecular formula is C21H18N4O4S2. The van der Waals surface area contributed by atoms with Gasteiger partial charge in [-0.15, -0.1) is 0 Å². The summed E-state index contributed by atoms with van der Waals surface area (Å²) in [6.07, 6.45) is 1.55. The summed E-state index contributed by atoms with van der Waals surface area (Å²) in [4.78, 5) is 21.8. The van der Waals surface area contributed by atoms with Gasteiger partial charge < -0.3 is 9.73 Å². The van der Waals surface area contributed by atoms with E-state index < -0.39 is 15.3 Å². The Kier molecular flexibility index (Phi) is 5.77. The van der Waals surface area contributed by atoms with E-state index in [1.165, 1.54) is 36.0 Å². The van der Waals surface area contributed by atoms with E-state index in [0.717, 1.165) is 10.9 Å². The van der Waals surface area contributed by atoms with E-state index in [9.17, 15) is 13.2 Å². The number of carbonyl (C=O) groups is 1. The highest BCUT2D eigenvalue weighted by molar-refractivity contribution is 8.00. The van der Waals surface area contributed by atoms with Crippen LogP contribution in [0, 0.1) is 0 Å². The summed E-state index contributed by atoms with van der Waals surface area (Å²) >= 11 is 1.30. The molecule has 2 aromatic carbocycles. The molecule has 10 heteroatoms. The molecule has 0 radical (unpaired) electrons. The molecule has 0 saturated heterocycles. The second-order valence-corrected chi connectivity index (χ2v) is 9.56. The van der Waals surface area contributed by atoms with Crippen LogP contribution in [0.5, 0.6) is 0 Å². The van der Waals surface area contributed by atoms with Crippen molar-refractivity contribution in [1.82, 2.24) is 9.97 Å². The number of para-hydroxylation sites is 1. The fourth-order valence-corrected chi connectivity index (χ4v) is 4.30. The van der Waals surface area contributed by atoms with E-state index in [4.69, 9.17) is 9.56 Å². The van der Waals surface area contributed by atoms with Crippen LogP contribution in [0.25, 0.3) is 22.5 Å². The largest absolute Gasteiger partial charge is 0.461 e. The molecular weight excluding hydrogens is 436 g/mol. The number of furan rings is 1. The number of sulfonamides is 1. The predicted molar refractivity (Wildman–Crippen MR) is 119 cm³/mol.